The van der Waals surface area contributed by atoms with Gasteiger partial charge in [0.15, 0.2) is 11.6 Å². The number of benzene rings is 2. The van der Waals surface area contributed by atoms with Gasteiger partial charge in [0.05, 0.1) is 0 Å². The Morgan fingerprint density at radius 2 is 1.09 bits per heavy atom. The number of nitrogens with two attached hydrogens (primary N) is 1. The van der Waals surface area contributed by atoms with Crippen molar-refractivity contribution in [3.8, 4) is 0 Å². The smallest absolute Gasteiger partial charge is 0.216 e. The van der Waals surface area contributed by atoms with Gasteiger partial charge in [0.2, 0.25) is 5.91 Å². The molecule has 0 saturated heterocycles. The molecule has 0 bridgehead atoms. The molecule has 0 aromatic heterocycles. The molecule has 2 aromatic carbocycles. The average molecular weight is 613 g/mol. The summed E-state index contributed by atoms with van der Waals surface area (Å²) in [5, 5.41) is 2.71. The molecule has 5 nitrogen and oxygen atoms in total. The van der Waals surface area contributed by atoms with Crippen LogP contribution in [0.2, 0.25) is 0 Å². The van der Waals surface area contributed by atoms with Crippen LogP contribution in [0.3, 0.4) is 0 Å². The van der Waals surface area contributed by atoms with Gasteiger partial charge in [0, 0.05) is 36.4 Å². The van der Waals surface area contributed by atoms with Crippen molar-refractivity contribution in [2.75, 3.05) is 13.1 Å². The van der Waals surface area contributed by atoms with Crippen LogP contribution in [0, 0.1) is 35.5 Å². The van der Waals surface area contributed by atoms with E-state index in [1.807, 2.05) is 58.0 Å². The Bertz CT molecular complexity index is 1040. The molecule has 2 aromatic rings. The minimum Gasteiger partial charge on any atom is -0.356 e. The van der Waals surface area contributed by atoms with E-state index >= 15 is 0 Å². The molecule has 3 N–H and O–H groups in total. The lowest BCUT2D eigenvalue weighted by Gasteiger charge is -2.12. The minimum atomic E-state index is 0. The maximum absolute atomic E-state index is 11.9. The zero-order chi connectivity index (χ0) is 33.7. The van der Waals surface area contributed by atoms with Crippen LogP contribution in [0.1, 0.15) is 129 Å². The van der Waals surface area contributed by atoms with E-state index in [1.165, 1.54) is 18.1 Å². The SMILES string of the molecule is C.CC(=O)NCC(C)C.CC(C)CN.CC(C)Cc1ccc(C(=O)C(C)C)cc1.CC(C)Cc1ccccc1C(=O)C(C)C. The van der Waals surface area contributed by atoms with E-state index in [0.717, 1.165) is 37.1 Å². The highest BCUT2D eigenvalue weighted by Gasteiger charge is 2.14. The Hall–Kier alpha value is -2.79. The molecule has 44 heavy (non-hydrogen) atoms. The largest absolute Gasteiger partial charge is 0.356 e. The number of hydrogen-bond donors (Lipinski definition) is 2. The van der Waals surface area contributed by atoms with Crippen molar-refractivity contribution in [3.63, 3.8) is 0 Å². The van der Waals surface area contributed by atoms with Crippen LogP contribution in [0.5, 0.6) is 0 Å². The number of rotatable bonds is 11. The van der Waals surface area contributed by atoms with Crippen LogP contribution in [-0.4, -0.2) is 30.6 Å². The van der Waals surface area contributed by atoms with Crippen LogP contribution in [0.4, 0.5) is 0 Å². The predicted molar refractivity (Wildman–Crippen MR) is 192 cm³/mol. The molecule has 5 heteroatoms. The summed E-state index contributed by atoms with van der Waals surface area (Å²) in [6, 6.07) is 16.0. The van der Waals surface area contributed by atoms with Crippen molar-refractivity contribution in [2.45, 2.75) is 110 Å². The Morgan fingerprint density at radius 1 is 0.636 bits per heavy atom. The zero-order valence-electron chi connectivity index (χ0n) is 29.7. The van der Waals surface area contributed by atoms with Gasteiger partial charge in [-0.1, -0.05) is 139 Å². The van der Waals surface area contributed by atoms with Crippen molar-refractivity contribution in [1.82, 2.24) is 5.32 Å². The molecule has 0 aliphatic rings. The number of Topliss-reactive ketones (excluding diaryl/α,β-unsaturated/α-hetero) is 2. The summed E-state index contributed by atoms with van der Waals surface area (Å²) in [5.41, 5.74) is 9.40. The van der Waals surface area contributed by atoms with E-state index in [-0.39, 0.29) is 36.7 Å². The first kappa shape index (κ1) is 45.6. The molecule has 0 fully saturated rings. The van der Waals surface area contributed by atoms with Gasteiger partial charge >= 0.3 is 0 Å². The van der Waals surface area contributed by atoms with Gasteiger partial charge < -0.3 is 11.1 Å². The molecule has 252 valence electrons. The number of carbonyl (C=O) groups is 3. The van der Waals surface area contributed by atoms with Crippen LogP contribution in [0.25, 0.3) is 0 Å². The standard InChI is InChI=1S/2C14H20O.C6H13NO.C4H11N.CH4/c1-10(2)9-12-5-7-13(8-6-12)14(15)11(3)4;1-10(2)9-12-7-5-6-8-13(12)14(15)11(3)4;1-5(2)4-7-6(3)8;1-4(2)3-5;/h2*5-8,10-11H,9H2,1-4H3;5H,4H2,1-3H3,(H,7,8);4H,3,5H2,1-2H3;1H4. The molecule has 0 spiro atoms. The van der Waals surface area contributed by atoms with E-state index in [1.54, 1.807) is 0 Å². The molecule has 0 radical (unpaired) electrons. The molecule has 0 saturated carbocycles. The second-order valence-electron chi connectivity index (χ2n) is 13.5. The fourth-order valence-corrected chi connectivity index (χ4v) is 3.65. The number of ketones is 2. The third-order valence-electron chi connectivity index (χ3n) is 6.07. The summed E-state index contributed by atoms with van der Waals surface area (Å²) in [4.78, 5) is 33.9. The fraction of sp³-hybridized carbons (Fsp3) is 0.615. The van der Waals surface area contributed by atoms with Crippen molar-refractivity contribution in [2.24, 2.45) is 41.2 Å². The monoisotopic (exact) mass is 613 g/mol. The maximum Gasteiger partial charge on any atom is 0.216 e. The van der Waals surface area contributed by atoms with Gasteiger partial charge in [-0.15, -0.1) is 0 Å². The number of hydrogen-bond acceptors (Lipinski definition) is 4. The summed E-state index contributed by atoms with van der Waals surface area (Å²) in [6.07, 6.45) is 2.06. The zero-order valence-corrected chi connectivity index (χ0v) is 29.7. The Morgan fingerprint density at radius 3 is 1.43 bits per heavy atom. The second-order valence-corrected chi connectivity index (χ2v) is 13.5. The van der Waals surface area contributed by atoms with Gasteiger partial charge in [-0.3, -0.25) is 14.4 Å². The van der Waals surface area contributed by atoms with Gasteiger partial charge in [-0.25, -0.2) is 0 Å². The summed E-state index contributed by atoms with van der Waals surface area (Å²) in [7, 11) is 0. The third-order valence-corrected chi connectivity index (χ3v) is 6.07. The molecule has 0 atom stereocenters. The van der Waals surface area contributed by atoms with Crippen LogP contribution in [-0.2, 0) is 17.6 Å². The molecule has 0 aliphatic carbocycles. The van der Waals surface area contributed by atoms with Crippen molar-refractivity contribution < 1.29 is 14.4 Å². The van der Waals surface area contributed by atoms with E-state index in [2.05, 4.69) is 78.9 Å². The van der Waals surface area contributed by atoms with Gasteiger partial charge in [0.25, 0.3) is 0 Å². The van der Waals surface area contributed by atoms with Crippen molar-refractivity contribution >= 4 is 17.5 Å². The first-order valence-electron chi connectivity index (χ1n) is 16.1. The van der Waals surface area contributed by atoms with Gasteiger partial charge in [0.1, 0.15) is 0 Å². The second kappa shape index (κ2) is 25.5. The summed E-state index contributed by atoms with van der Waals surface area (Å²) >= 11 is 0. The highest BCUT2D eigenvalue weighted by Crippen LogP contribution is 2.17. The van der Waals surface area contributed by atoms with Crippen LogP contribution in [0.15, 0.2) is 48.5 Å². The molecular weight excluding hydrogens is 544 g/mol. The predicted octanol–water partition coefficient (Wildman–Crippen LogP) is 9.46. The number of carbonyl (C=O) groups excluding carboxylic acids is 3. The van der Waals surface area contributed by atoms with E-state index in [9.17, 15) is 14.4 Å². The summed E-state index contributed by atoms with van der Waals surface area (Å²) in [5.74, 6) is 3.17. The Kier molecular flexibility index (Phi) is 26.5. The summed E-state index contributed by atoms with van der Waals surface area (Å²) < 4.78 is 0. The molecule has 0 aliphatic heterocycles. The summed E-state index contributed by atoms with van der Waals surface area (Å²) in [6.45, 7) is 28.0. The molecular formula is C39H68N2O3. The van der Waals surface area contributed by atoms with Crippen molar-refractivity contribution in [3.05, 3.63) is 70.8 Å². The normalized spacial score (nSPS) is 10.4. The topological polar surface area (TPSA) is 89.3 Å². The number of nitrogens with one attached hydrogen (secondary N) is 1. The lowest BCUT2D eigenvalue weighted by Crippen LogP contribution is -2.24. The van der Waals surface area contributed by atoms with E-state index in [0.29, 0.717) is 23.7 Å². The average Bonchev–Trinajstić information content (AvgIpc) is 2.92. The van der Waals surface area contributed by atoms with E-state index in [4.69, 9.17) is 5.73 Å². The lowest BCUT2D eigenvalue weighted by atomic mass is 9.92. The molecule has 2 rings (SSSR count). The molecule has 0 unspecified atom stereocenters. The Labute approximate surface area is 272 Å². The van der Waals surface area contributed by atoms with E-state index < -0.39 is 0 Å². The molecule has 1 amide bonds. The van der Waals surface area contributed by atoms with Crippen molar-refractivity contribution in [1.29, 1.82) is 0 Å². The first-order valence-corrected chi connectivity index (χ1v) is 16.1. The molecule has 0 heterocycles. The maximum atomic E-state index is 11.9. The van der Waals surface area contributed by atoms with Gasteiger partial charge in [-0.2, -0.15) is 0 Å². The lowest BCUT2D eigenvalue weighted by molar-refractivity contribution is -0.119. The highest BCUT2D eigenvalue weighted by atomic mass is 16.1. The quantitative estimate of drug-likeness (QED) is 0.247. The number of amides is 1. The first-order chi connectivity index (χ1) is 19.9. The fourth-order valence-electron chi connectivity index (χ4n) is 3.65. The third kappa shape index (κ3) is 23.6. The van der Waals surface area contributed by atoms with Gasteiger partial charge in [-0.05, 0) is 54.2 Å². The van der Waals surface area contributed by atoms with Crippen LogP contribution >= 0.6 is 0 Å². The Balaban J connectivity index is -0.000000546. The highest BCUT2D eigenvalue weighted by molar-refractivity contribution is 5.98. The van der Waals surface area contributed by atoms with Crippen LogP contribution < -0.4 is 11.1 Å². The minimum absolute atomic E-state index is 0.